The molecule has 250 valence electrons. The van der Waals surface area contributed by atoms with Crippen LogP contribution in [0.2, 0.25) is 13.1 Å². The second-order valence-corrected chi connectivity index (χ2v) is 30.1. The van der Waals surface area contributed by atoms with Gasteiger partial charge in [-0.2, -0.15) is 0 Å². The van der Waals surface area contributed by atoms with E-state index in [0.717, 1.165) is 70.5 Å². The smallest absolute Gasteiger partial charge is 1.00 e. The Bertz CT molecular complexity index is 1770. The predicted molar refractivity (Wildman–Crippen MR) is 173 cm³/mol. The predicted octanol–water partition coefficient (Wildman–Crippen LogP) is 6.33. The van der Waals surface area contributed by atoms with Crippen molar-refractivity contribution >= 4 is 17.6 Å². The van der Waals surface area contributed by atoms with Crippen LogP contribution in [0.3, 0.4) is 0 Å². The van der Waals surface area contributed by atoms with Gasteiger partial charge in [0.2, 0.25) is 0 Å². The van der Waals surface area contributed by atoms with Crippen molar-refractivity contribution in [2.75, 3.05) is 0 Å². The van der Waals surface area contributed by atoms with Gasteiger partial charge in [-0.15, -0.1) is 0 Å². The van der Waals surface area contributed by atoms with Crippen molar-refractivity contribution in [2.24, 2.45) is 0 Å². The average Bonchev–Trinajstić information content (AvgIpc) is 3.59. The Morgan fingerprint density at radius 1 is 0.562 bits per heavy atom. The topological polar surface area (TPSA) is 0 Å². The molecule has 2 unspecified atom stereocenters. The first-order chi connectivity index (χ1) is 21.8. The molecule has 0 aliphatic heterocycles. The monoisotopic (exact) mass is 792 g/mol. The van der Waals surface area contributed by atoms with E-state index in [1.165, 1.54) is 22.3 Å². The van der Waals surface area contributed by atoms with Gasteiger partial charge in [0.05, 0.1) is 0 Å². The van der Waals surface area contributed by atoms with E-state index < -0.39 is 49.3 Å². The van der Waals surface area contributed by atoms with Crippen LogP contribution in [0.25, 0.3) is 34.4 Å². The van der Waals surface area contributed by atoms with Crippen LogP contribution in [0.5, 0.6) is 0 Å². The minimum absolute atomic E-state index is 0. The summed E-state index contributed by atoms with van der Waals surface area (Å²) in [5.74, 6) is 0. The summed E-state index contributed by atoms with van der Waals surface area (Å²) in [5.41, 5.74) is 9.14. The zero-order chi connectivity index (χ0) is 33.0. The van der Waals surface area contributed by atoms with Crippen LogP contribution >= 0.6 is 0 Å². The van der Waals surface area contributed by atoms with Gasteiger partial charge < -0.3 is 24.8 Å². The maximum Gasteiger partial charge on any atom is -1.00 e. The Kier molecular flexibility index (Phi) is 11.9. The summed E-state index contributed by atoms with van der Waals surface area (Å²) in [6.45, 7) is 9.27. The number of alkyl halides is 6. The Balaban J connectivity index is 0.00000260. The molecule has 4 aromatic carbocycles. The van der Waals surface area contributed by atoms with Crippen LogP contribution in [0.15, 0.2) is 96.1 Å². The maximum absolute atomic E-state index is 13.3. The molecular weight excluding hydrogens is 761 g/mol. The zero-order valence-corrected chi connectivity index (χ0v) is 31.8. The van der Waals surface area contributed by atoms with Gasteiger partial charge in [0.25, 0.3) is 0 Å². The van der Waals surface area contributed by atoms with Crippen molar-refractivity contribution in [3.05, 3.63) is 129 Å². The van der Waals surface area contributed by atoms with Crippen LogP contribution in [-0.2, 0) is 32.7 Å². The molecule has 0 bridgehead atoms. The van der Waals surface area contributed by atoms with E-state index >= 15 is 0 Å². The number of hydrogen-bond donors (Lipinski definition) is 0. The molecule has 0 fully saturated rings. The van der Waals surface area contributed by atoms with E-state index in [1.807, 2.05) is 24.3 Å². The van der Waals surface area contributed by atoms with Crippen LogP contribution in [-0.4, -0.2) is 5.43 Å². The third-order valence-electron chi connectivity index (χ3n) is 9.37. The number of benzene rings is 4. The molecule has 0 saturated heterocycles. The van der Waals surface area contributed by atoms with E-state index in [9.17, 15) is 26.3 Å². The van der Waals surface area contributed by atoms with Crippen molar-refractivity contribution in [1.82, 2.24) is 0 Å². The van der Waals surface area contributed by atoms with E-state index in [1.54, 1.807) is 24.3 Å². The molecule has 48 heavy (non-hydrogen) atoms. The van der Waals surface area contributed by atoms with Crippen molar-refractivity contribution in [1.29, 1.82) is 0 Å². The Morgan fingerprint density at radius 3 is 1.21 bits per heavy atom. The minimum Gasteiger partial charge on any atom is -1.00 e. The quantitative estimate of drug-likeness (QED) is 0.158. The van der Waals surface area contributed by atoms with Crippen molar-refractivity contribution in [2.45, 2.75) is 59.4 Å². The molecular formula is C38H34Cl2F6SiZr. The second-order valence-electron chi connectivity index (χ2n) is 12.2. The Hall–Kier alpha value is -2.38. The first-order valence-electron chi connectivity index (χ1n) is 15.5. The molecule has 4 aromatic rings. The molecule has 2 aliphatic rings. The summed E-state index contributed by atoms with van der Waals surface area (Å²) in [5, 5.41) is 0. The van der Waals surface area contributed by atoms with Gasteiger partial charge in [-0.3, -0.25) is 0 Å². The summed E-state index contributed by atoms with van der Waals surface area (Å²) < 4.78 is 80.5. The molecule has 0 N–H and O–H groups in total. The summed E-state index contributed by atoms with van der Waals surface area (Å²) in [7, 11) is 0. The third-order valence-corrected chi connectivity index (χ3v) is 28.9. The van der Waals surface area contributed by atoms with Crippen LogP contribution in [0.1, 0.15) is 67.3 Å². The first kappa shape index (κ1) is 38.4. The van der Waals surface area contributed by atoms with Crippen LogP contribution in [0.4, 0.5) is 26.3 Å². The van der Waals surface area contributed by atoms with Gasteiger partial charge in [-0.05, 0) is 0 Å². The van der Waals surface area contributed by atoms with Gasteiger partial charge in [-0.25, -0.2) is 0 Å². The zero-order valence-electron chi connectivity index (χ0n) is 26.8. The molecule has 0 heterocycles. The average molecular weight is 795 g/mol. The summed E-state index contributed by atoms with van der Waals surface area (Å²) in [6, 6.07) is 23.5. The Labute approximate surface area is 298 Å². The largest absolute Gasteiger partial charge is 1.00 e. The van der Waals surface area contributed by atoms with E-state index in [-0.39, 0.29) is 24.8 Å². The first-order valence-corrected chi connectivity index (χ1v) is 24.5. The van der Waals surface area contributed by atoms with Gasteiger partial charge in [0.1, 0.15) is 0 Å². The number of allylic oxidation sites excluding steroid dienone is 2. The fourth-order valence-electron chi connectivity index (χ4n) is 7.20. The van der Waals surface area contributed by atoms with Crippen molar-refractivity contribution in [3.8, 4) is 22.3 Å². The Morgan fingerprint density at radius 2 is 0.917 bits per heavy atom. The number of halogens is 8. The minimum atomic E-state index is -4.38. The van der Waals surface area contributed by atoms with Crippen LogP contribution in [0, 0.1) is 0 Å². The fraction of sp³-hybridized carbons (Fsp3) is 0.263. The normalized spacial score (nSPS) is 16.4. The number of hydrogen-bond acceptors (Lipinski definition) is 0. The van der Waals surface area contributed by atoms with Gasteiger partial charge >= 0.3 is 275 Å². The molecule has 10 heteroatoms. The van der Waals surface area contributed by atoms with Crippen LogP contribution < -0.4 is 24.8 Å². The SMILES string of the molecule is CCC1=Cc2c(-c3ccc(C(F)(F)F)cc3)cccc2[CH]1[Zr+2]([CH]1C(CC)=Cc2c(-c3ccc(C(F)(F)F)cc3)cccc21)=[Si](C)C.[Cl-].[Cl-]. The number of rotatable bonds is 6. The van der Waals surface area contributed by atoms with Crippen molar-refractivity contribution in [3.63, 3.8) is 0 Å². The molecule has 2 aliphatic carbocycles. The third kappa shape index (κ3) is 7.10. The molecule has 0 radical (unpaired) electrons. The summed E-state index contributed by atoms with van der Waals surface area (Å²) in [4.78, 5) is 0. The van der Waals surface area contributed by atoms with Crippen molar-refractivity contribution < 1.29 is 71.5 Å². The maximum atomic E-state index is 13.3. The molecule has 0 amide bonds. The standard InChI is InChI=1S/2C18H14F3.C2H6Si.2ClH.Zr/c2*1-2-12-10-14-4-3-5-16(17(14)11-12)13-6-8-15(9-7-13)18(19,20)21;1-3-2;;;/h2*3-11H,2H2,1H3;1-2H3;2*1H;/q;;;;;+2/p-2. The van der Waals surface area contributed by atoms with E-state index in [4.69, 9.17) is 0 Å². The molecule has 0 nitrogen and oxygen atoms in total. The fourth-order valence-corrected chi connectivity index (χ4v) is 28.0. The van der Waals surface area contributed by atoms with E-state index in [0.29, 0.717) is 7.25 Å². The molecule has 0 aromatic heterocycles. The molecule has 0 spiro atoms. The molecule has 6 rings (SSSR count). The molecule has 2 atom stereocenters. The summed E-state index contributed by atoms with van der Waals surface area (Å²) >= 11 is -2.47. The molecule has 0 saturated carbocycles. The van der Waals surface area contributed by atoms with E-state index in [2.05, 4.69) is 51.2 Å². The van der Waals surface area contributed by atoms with Gasteiger partial charge in [0.15, 0.2) is 0 Å². The summed E-state index contributed by atoms with van der Waals surface area (Å²) in [6.07, 6.45) is -2.34. The second kappa shape index (κ2) is 14.8. The van der Waals surface area contributed by atoms with Gasteiger partial charge in [-0.1, -0.05) is 0 Å². The number of fused-ring (bicyclic) bond motifs is 2. The van der Waals surface area contributed by atoms with Gasteiger partial charge in [0, 0.05) is 0 Å².